The van der Waals surface area contributed by atoms with Crippen molar-refractivity contribution in [3.05, 3.63) is 107 Å². The fourth-order valence-corrected chi connectivity index (χ4v) is 6.01. The molecule has 0 aliphatic carbocycles. The number of carbonyl (C=O) groups excluding carboxylic acids is 2. The number of rotatable bonds is 7. The molecule has 0 radical (unpaired) electrons. The summed E-state index contributed by atoms with van der Waals surface area (Å²) in [7, 11) is 0. The molecule has 5 nitrogen and oxygen atoms in total. The third-order valence-electron chi connectivity index (χ3n) is 6.80. The molecule has 35 heavy (non-hydrogen) atoms. The Kier molecular flexibility index (Phi) is 7.50. The van der Waals surface area contributed by atoms with Crippen LogP contribution in [0.15, 0.2) is 84.9 Å². The highest BCUT2D eigenvalue weighted by Gasteiger charge is 2.32. The number of nitrogens with zero attached hydrogens (tertiary/aromatic N) is 3. The molecule has 6 heteroatoms. The van der Waals surface area contributed by atoms with E-state index in [-0.39, 0.29) is 17.2 Å². The first-order valence-corrected chi connectivity index (χ1v) is 13.3. The van der Waals surface area contributed by atoms with E-state index in [2.05, 4.69) is 41.3 Å². The Hall–Kier alpha value is -3.09. The zero-order valence-corrected chi connectivity index (χ0v) is 20.7. The molecule has 3 aromatic rings. The second-order valence-electron chi connectivity index (χ2n) is 9.16. The molecule has 2 fully saturated rings. The van der Waals surface area contributed by atoms with Gasteiger partial charge in [0.25, 0.3) is 5.91 Å². The number of hydrogen-bond acceptors (Lipinski definition) is 4. The van der Waals surface area contributed by atoms with Crippen molar-refractivity contribution in [2.24, 2.45) is 0 Å². The highest BCUT2D eigenvalue weighted by molar-refractivity contribution is 8.00. The number of carbonyl (C=O) groups is 2. The van der Waals surface area contributed by atoms with Crippen molar-refractivity contribution >= 4 is 23.6 Å². The van der Waals surface area contributed by atoms with Crippen molar-refractivity contribution in [2.75, 3.05) is 38.5 Å². The number of amides is 2. The zero-order valence-electron chi connectivity index (χ0n) is 19.9. The predicted octanol–water partition coefficient (Wildman–Crippen LogP) is 4.46. The van der Waals surface area contributed by atoms with Gasteiger partial charge in [0, 0.05) is 44.8 Å². The van der Waals surface area contributed by atoms with Crippen LogP contribution in [0.3, 0.4) is 0 Å². The maximum Gasteiger partial charge on any atom is 0.253 e. The number of hydrogen-bond donors (Lipinski definition) is 0. The molecule has 2 amide bonds. The van der Waals surface area contributed by atoms with E-state index in [1.54, 1.807) is 11.8 Å². The summed E-state index contributed by atoms with van der Waals surface area (Å²) in [4.78, 5) is 32.0. The molecule has 2 saturated heterocycles. The van der Waals surface area contributed by atoms with Gasteiger partial charge in [0.1, 0.15) is 5.37 Å². The third-order valence-corrected chi connectivity index (χ3v) is 8.06. The second kappa shape index (κ2) is 11.1. The quantitative estimate of drug-likeness (QED) is 0.496. The molecular weight excluding hydrogens is 454 g/mol. The first-order chi connectivity index (χ1) is 17.2. The van der Waals surface area contributed by atoms with E-state index in [0.29, 0.717) is 12.3 Å². The summed E-state index contributed by atoms with van der Waals surface area (Å²) in [6, 6.07) is 28.6. The summed E-state index contributed by atoms with van der Waals surface area (Å²) in [5, 5.41) is 0.0110. The minimum Gasteiger partial charge on any atom is -0.336 e. The van der Waals surface area contributed by atoms with Gasteiger partial charge in [-0.3, -0.25) is 14.5 Å². The number of thioether (sulfide) groups is 1. The smallest absolute Gasteiger partial charge is 0.253 e. The van der Waals surface area contributed by atoms with Gasteiger partial charge in [-0.1, -0.05) is 72.8 Å². The molecule has 0 spiro atoms. The summed E-state index contributed by atoms with van der Waals surface area (Å²) in [6.07, 6.45) is 0.844. The molecule has 180 valence electrons. The van der Waals surface area contributed by atoms with E-state index >= 15 is 0 Å². The lowest BCUT2D eigenvalue weighted by Gasteiger charge is -2.35. The average molecular weight is 486 g/mol. The normalized spacial score (nSPS) is 18.7. The Morgan fingerprint density at radius 2 is 1.43 bits per heavy atom. The van der Waals surface area contributed by atoms with Gasteiger partial charge in [0.2, 0.25) is 5.91 Å². The van der Waals surface area contributed by atoms with Crippen LogP contribution in [0, 0.1) is 0 Å². The molecule has 0 bridgehead atoms. The van der Waals surface area contributed by atoms with E-state index in [9.17, 15) is 9.59 Å². The first kappa shape index (κ1) is 23.6. The van der Waals surface area contributed by atoms with Gasteiger partial charge in [-0.05, 0) is 35.2 Å². The Bertz CT molecular complexity index is 1130. The molecule has 2 heterocycles. The third kappa shape index (κ3) is 5.77. The van der Waals surface area contributed by atoms with E-state index in [1.807, 2.05) is 58.3 Å². The number of piperazine rings is 1. The maximum atomic E-state index is 13.1. The molecule has 0 aromatic heterocycles. The van der Waals surface area contributed by atoms with Crippen LogP contribution in [0.1, 0.15) is 32.4 Å². The van der Waals surface area contributed by atoms with Crippen LogP contribution in [0.25, 0.3) is 0 Å². The number of benzene rings is 3. The van der Waals surface area contributed by atoms with Crippen molar-refractivity contribution in [2.45, 2.75) is 18.3 Å². The minimum absolute atomic E-state index is 0.0110. The molecule has 0 N–H and O–H groups in total. The van der Waals surface area contributed by atoms with Gasteiger partial charge in [0.15, 0.2) is 0 Å². The van der Waals surface area contributed by atoms with Crippen molar-refractivity contribution in [3.8, 4) is 0 Å². The van der Waals surface area contributed by atoms with Crippen LogP contribution in [0.2, 0.25) is 0 Å². The average Bonchev–Trinajstić information content (AvgIpc) is 3.29. The predicted molar refractivity (Wildman–Crippen MR) is 141 cm³/mol. The van der Waals surface area contributed by atoms with Gasteiger partial charge in [-0.15, -0.1) is 11.8 Å². The lowest BCUT2D eigenvalue weighted by atomic mass is 10.1. The largest absolute Gasteiger partial charge is 0.336 e. The van der Waals surface area contributed by atoms with E-state index in [1.165, 1.54) is 11.1 Å². The summed E-state index contributed by atoms with van der Waals surface area (Å²) in [5.74, 6) is 0.782. The summed E-state index contributed by atoms with van der Waals surface area (Å²) < 4.78 is 0. The van der Waals surface area contributed by atoms with Gasteiger partial charge >= 0.3 is 0 Å². The Morgan fingerprint density at radius 3 is 2.09 bits per heavy atom. The zero-order chi connectivity index (χ0) is 24.0. The first-order valence-electron chi connectivity index (χ1n) is 12.3. The van der Waals surface area contributed by atoms with Crippen LogP contribution in [0.4, 0.5) is 0 Å². The Morgan fingerprint density at radius 1 is 0.800 bits per heavy atom. The van der Waals surface area contributed by atoms with Crippen molar-refractivity contribution < 1.29 is 9.59 Å². The van der Waals surface area contributed by atoms with Crippen LogP contribution < -0.4 is 0 Å². The van der Waals surface area contributed by atoms with E-state index in [0.717, 1.165) is 50.3 Å². The highest BCUT2D eigenvalue weighted by atomic mass is 32.2. The molecule has 0 saturated carbocycles. The fraction of sp³-hybridized carbons (Fsp3) is 0.310. The van der Waals surface area contributed by atoms with Crippen LogP contribution in [-0.4, -0.2) is 65.0 Å². The molecule has 0 unspecified atom stereocenters. The standard InChI is InChI=1S/C29H31N3O2S/c33-27-22-35-29(32(27)16-15-23-7-3-1-4-8-23)26-13-11-25(12-14-26)28(34)31-19-17-30(18-20-31)21-24-9-5-2-6-10-24/h1-14,29H,15-22H2/t29-/m1/s1. The van der Waals surface area contributed by atoms with Gasteiger partial charge in [0.05, 0.1) is 5.75 Å². The van der Waals surface area contributed by atoms with Gasteiger partial charge in [-0.2, -0.15) is 0 Å². The lowest BCUT2D eigenvalue weighted by molar-refractivity contribution is -0.128. The lowest BCUT2D eigenvalue weighted by Crippen LogP contribution is -2.48. The minimum atomic E-state index is 0.0110. The van der Waals surface area contributed by atoms with Crippen molar-refractivity contribution in [3.63, 3.8) is 0 Å². The van der Waals surface area contributed by atoms with Crippen molar-refractivity contribution in [1.29, 1.82) is 0 Å². The molecule has 1 atom stereocenters. The summed E-state index contributed by atoms with van der Waals surface area (Å²) in [5.41, 5.74) is 4.35. The van der Waals surface area contributed by atoms with Crippen LogP contribution in [-0.2, 0) is 17.8 Å². The summed E-state index contributed by atoms with van der Waals surface area (Å²) in [6.45, 7) is 4.89. The molecular formula is C29H31N3O2S. The molecule has 5 rings (SSSR count). The van der Waals surface area contributed by atoms with Crippen LogP contribution >= 0.6 is 11.8 Å². The maximum absolute atomic E-state index is 13.1. The van der Waals surface area contributed by atoms with Gasteiger partial charge in [-0.25, -0.2) is 0 Å². The van der Waals surface area contributed by atoms with Gasteiger partial charge < -0.3 is 9.80 Å². The van der Waals surface area contributed by atoms with Crippen molar-refractivity contribution in [1.82, 2.24) is 14.7 Å². The van der Waals surface area contributed by atoms with Crippen LogP contribution in [0.5, 0.6) is 0 Å². The fourth-order valence-electron chi connectivity index (χ4n) is 4.79. The topological polar surface area (TPSA) is 43.9 Å². The summed E-state index contributed by atoms with van der Waals surface area (Å²) >= 11 is 1.67. The highest BCUT2D eigenvalue weighted by Crippen LogP contribution is 2.38. The molecule has 3 aromatic carbocycles. The van der Waals surface area contributed by atoms with E-state index in [4.69, 9.17) is 0 Å². The molecule has 2 aliphatic heterocycles. The second-order valence-corrected chi connectivity index (χ2v) is 10.2. The molecule has 2 aliphatic rings. The van der Waals surface area contributed by atoms with E-state index < -0.39 is 0 Å². The Labute approximate surface area is 211 Å². The SMILES string of the molecule is O=C(c1ccc([C@H]2SCC(=O)N2CCc2ccccc2)cc1)N1CCN(Cc2ccccc2)CC1. The Balaban J connectivity index is 1.17. The monoisotopic (exact) mass is 485 g/mol.